The summed E-state index contributed by atoms with van der Waals surface area (Å²) in [4.78, 5) is 2.14. The Morgan fingerprint density at radius 2 is 1.95 bits per heavy atom. The maximum atomic E-state index is 13.8. The molecule has 0 saturated carbocycles. The minimum Gasteiger partial charge on any atom is -0.465 e. The molecule has 114 valence electrons. The van der Waals surface area contributed by atoms with Crippen LogP contribution in [0.3, 0.4) is 0 Å². The Hall–Kier alpha value is -1.65. The number of hydrogen-bond donors (Lipinski definition) is 1. The molecule has 2 rings (SSSR count). The molecule has 3 nitrogen and oxygen atoms in total. The third-order valence-electron chi connectivity index (χ3n) is 3.70. The number of rotatable bonds is 6. The first kappa shape index (κ1) is 15.7. The molecule has 1 heterocycles. The first-order valence-corrected chi connectivity index (χ1v) is 7.21. The molecule has 1 aromatic heterocycles. The van der Waals surface area contributed by atoms with Crippen LogP contribution in [0.5, 0.6) is 0 Å². The highest BCUT2D eigenvalue weighted by Crippen LogP contribution is 2.23. The van der Waals surface area contributed by atoms with Crippen LogP contribution in [0, 0.1) is 18.7 Å². The molecular weight excluding hydrogens is 267 g/mol. The summed E-state index contributed by atoms with van der Waals surface area (Å²) >= 11 is 0. The van der Waals surface area contributed by atoms with E-state index in [1.54, 1.807) is 12.1 Å². The summed E-state index contributed by atoms with van der Waals surface area (Å²) in [5, 5.41) is 0. The summed E-state index contributed by atoms with van der Waals surface area (Å²) < 4.78 is 19.3. The van der Waals surface area contributed by atoms with E-state index in [4.69, 9.17) is 10.2 Å². The zero-order valence-electron chi connectivity index (χ0n) is 12.8. The SMILES string of the molecule is Cc1ccc(CN(C)CC(C)C(N)c2ccccc2F)o1. The maximum Gasteiger partial charge on any atom is 0.127 e. The van der Waals surface area contributed by atoms with E-state index in [2.05, 4.69) is 4.90 Å². The number of aryl methyl sites for hydroxylation is 1. The van der Waals surface area contributed by atoms with Gasteiger partial charge in [0, 0.05) is 18.2 Å². The van der Waals surface area contributed by atoms with Gasteiger partial charge in [0.25, 0.3) is 0 Å². The van der Waals surface area contributed by atoms with Crippen LogP contribution in [-0.2, 0) is 6.54 Å². The molecule has 0 bridgehead atoms. The second-order valence-electron chi connectivity index (χ2n) is 5.73. The molecule has 0 fully saturated rings. The summed E-state index contributed by atoms with van der Waals surface area (Å²) in [6, 6.07) is 10.3. The average molecular weight is 290 g/mol. The van der Waals surface area contributed by atoms with Crippen molar-refractivity contribution in [1.82, 2.24) is 4.90 Å². The highest BCUT2D eigenvalue weighted by atomic mass is 19.1. The molecule has 0 aliphatic carbocycles. The lowest BCUT2D eigenvalue weighted by Gasteiger charge is -2.25. The number of furan rings is 1. The van der Waals surface area contributed by atoms with Crippen molar-refractivity contribution in [3.8, 4) is 0 Å². The Balaban J connectivity index is 1.94. The van der Waals surface area contributed by atoms with Gasteiger partial charge in [0.1, 0.15) is 17.3 Å². The highest BCUT2D eigenvalue weighted by Gasteiger charge is 2.19. The fraction of sp³-hybridized carbons (Fsp3) is 0.412. The van der Waals surface area contributed by atoms with Gasteiger partial charge in [-0.2, -0.15) is 0 Å². The molecule has 0 spiro atoms. The molecule has 2 atom stereocenters. The van der Waals surface area contributed by atoms with E-state index in [1.807, 2.05) is 39.1 Å². The summed E-state index contributed by atoms with van der Waals surface area (Å²) in [6.45, 7) is 5.47. The second kappa shape index (κ2) is 6.87. The van der Waals surface area contributed by atoms with Gasteiger partial charge in [0.15, 0.2) is 0 Å². The van der Waals surface area contributed by atoms with Gasteiger partial charge >= 0.3 is 0 Å². The summed E-state index contributed by atoms with van der Waals surface area (Å²) in [5.74, 6) is 1.75. The van der Waals surface area contributed by atoms with E-state index >= 15 is 0 Å². The minimum atomic E-state index is -0.313. The van der Waals surface area contributed by atoms with Crippen LogP contribution in [0.25, 0.3) is 0 Å². The number of halogens is 1. The number of nitrogens with two attached hydrogens (primary N) is 1. The molecule has 0 saturated heterocycles. The van der Waals surface area contributed by atoms with E-state index < -0.39 is 0 Å². The van der Waals surface area contributed by atoms with E-state index in [1.165, 1.54) is 6.07 Å². The molecule has 0 radical (unpaired) electrons. The smallest absolute Gasteiger partial charge is 0.127 e. The van der Waals surface area contributed by atoms with E-state index in [-0.39, 0.29) is 17.8 Å². The fourth-order valence-corrected chi connectivity index (χ4v) is 2.56. The van der Waals surface area contributed by atoms with Gasteiger partial charge in [-0.1, -0.05) is 25.1 Å². The molecule has 0 aliphatic rings. The maximum absolute atomic E-state index is 13.8. The van der Waals surface area contributed by atoms with Crippen LogP contribution >= 0.6 is 0 Å². The zero-order chi connectivity index (χ0) is 15.4. The normalized spacial score (nSPS) is 14.4. The Morgan fingerprint density at radius 1 is 1.24 bits per heavy atom. The topological polar surface area (TPSA) is 42.4 Å². The Bertz CT molecular complexity index is 582. The summed E-state index contributed by atoms with van der Waals surface area (Å²) in [5.41, 5.74) is 6.77. The van der Waals surface area contributed by atoms with Crippen molar-refractivity contribution in [3.05, 3.63) is 59.3 Å². The van der Waals surface area contributed by atoms with Gasteiger partial charge < -0.3 is 10.2 Å². The predicted molar refractivity (Wildman–Crippen MR) is 82.3 cm³/mol. The second-order valence-corrected chi connectivity index (χ2v) is 5.73. The number of hydrogen-bond acceptors (Lipinski definition) is 3. The van der Waals surface area contributed by atoms with Crippen LogP contribution in [0.2, 0.25) is 0 Å². The van der Waals surface area contributed by atoms with Gasteiger partial charge in [-0.15, -0.1) is 0 Å². The largest absolute Gasteiger partial charge is 0.465 e. The van der Waals surface area contributed by atoms with Crippen molar-refractivity contribution in [2.75, 3.05) is 13.6 Å². The molecule has 2 aromatic rings. The molecular formula is C17H23FN2O. The van der Waals surface area contributed by atoms with Crippen molar-refractivity contribution in [2.45, 2.75) is 26.4 Å². The van der Waals surface area contributed by atoms with Gasteiger partial charge in [-0.05, 0) is 38.1 Å². The molecule has 1 aromatic carbocycles. The van der Waals surface area contributed by atoms with Crippen molar-refractivity contribution < 1.29 is 8.81 Å². The molecule has 4 heteroatoms. The van der Waals surface area contributed by atoms with Crippen molar-refractivity contribution in [2.24, 2.45) is 11.7 Å². The summed E-state index contributed by atoms with van der Waals surface area (Å²) in [6.07, 6.45) is 0. The highest BCUT2D eigenvalue weighted by molar-refractivity contribution is 5.21. The van der Waals surface area contributed by atoms with Crippen LogP contribution in [-0.4, -0.2) is 18.5 Å². The van der Waals surface area contributed by atoms with Crippen LogP contribution in [0.1, 0.15) is 30.0 Å². The fourth-order valence-electron chi connectivity index (χ4n) is 2.56. The quantitative estimate of drug-likeness (QED) is 0.885. The van der Waals surface area contributed by atoms with Crippen molar-refractivity contribution in [3.63, 3.8) is 0 Å². The van der Waals surface area contributed by atoms with Gasteiger partial charge in [-0.3, -0.25) is 4.90 Å². The van der Waals surface area contributed by atoms with Crippen molar-refractivity contribution >= 4 is 0 Å². The van der Waals surface area contributed by atoms with E-state index in [0.29, 0.717) is 5.56 Å². The average Bonchev–Trinajstić information content (AvgIpc) is 2.83. The number of benzene rings is 1. The first-order chi connectivity index (χ1) is 9.97. The summed E-state index contributed by atoms with van der Waals surface area (Å²) in [7, 11) is 2.02. The predicted octanol–water partition coefficient (Wildman–Crippen LogP) is 3.50. The standard InChI is InChI=1S/C17H23FN2O/c1-12(17(19)15-6-4-5-7-16(15)18)10-20(3)11-14-9-8-13(2)21-14/h4-9,12,17H,10-11,19H2,1-3H3. The van der Waals surface area contributed by atoms with E-state index in [0.717, 1.165) is 24.6 Å². The van der Waals surface area contributed by atoms with Crippen LogP contribution < -0.4 is 5.73 Å². The molecule has 2 unspecified atom stereocenters. The molecule has 0 aliphatic heterocycles. The Kier molecular flexibility index (Phi) is 5.15. The third-order valence-corrected chi connectivity index (χ3v) is 3.70. The number of nitrogens with zero attached hydrogens (tertiary/aromatic N) is 1. The Labute approximate surface area is 125 Å². The monoisotopic (exact) mass is 290 g/mol. The zero-order valence-corrected chi connectivity index (χ0v) is 12.8. The molecule has 2 N–H and O–H groups in total. The minimum absolute atomic E-state index is 0.142. The Morgan fingerprint density at radius 3 is 2.57 bits per heavy atom. The van der Waals surface area contributed by atoms with Crippen LogP contribution in [0.15, 0.2) is 40.8 Å². The lowest BCUT2D eigenvalue weighted by Crippen LogP contribution is -2.31. The lowest BCUT2D eigenvalue weighted by molar-refractivity contribution is 0.238. The lowest BCUT2D eigenvalue weighted by atomic mass is 9.94. The van der Waals surface area contributed by atoms with Gasteiger partial charge in [-0.25, -0.2) is 4.39 Å². The van der Waals surface area contributed by atoms with Gasteiger partial charge in [0.2, 0.25) is 0 Å². The van der Waals surface area contributed by atoms with Gasteiger partial charge in [0.05, 0.1) is 6.54 Å². The van der Waals surface area contributed by atoms with E-state index in [9.17, 15) is 4.39 Å². The third kappa shape index (κ3) is 4.16. The molecule has 0 amide bonds. The first-order valence-electron chi connectivity index (χ1n) is 7.21. The van der Waals surface area contributed by atoms with Crippen molar-refractivity contribution in [1.29, 1.82) is 0 Å². The molecule has 21 heavy (non-hydrogen) atoms. The van der Waals surface area contributed by atoms with Crippen LogP contribution in [0.4, 0.5) is 4.39 Å².